The molecule has 0 atom stereocenters. The fourth-order valence-electron chi connectivity index (χ4n) is 3.13. The molecule has 1 amide bonds. The number of carbonyl (C=O) groups is 1. The third kappa shape index (κ3) is 5.22. The molecule has 0 aliphatic carbocycles. The lowest BCUT2D eigenvalue weighted by molar-refractivity contribution is 0.187. The third-order valence-corrected chi connectivity index (χ3v) is 4.52. The molecule has 2 aromatic carbocycles. The Hall–Kier alpha value is -2.53. The Morgan fingerprint density at radius 1 is 1.04 bits per heavy atom. The molecular formula is C20H25N3O2. The van der Waals surface area contributed by atoms with Crippen LogP contribution in [0.5, 0.6) is 0 Å². The summed E-state index contributed by atoms with van der Waals surface area (Å²) in [5.74, 6) is 0. The monoisotopic (exact) mass is 339 g/mol. The van der Waals surface area contributed by atoms with Crippen LogP contribution in [0.25, 0.3) is 0 Å². The van der Waals surface area contributed by atoms with Crippen molar-refractivity contribution in [1.29, 1.82) is 0 Å². The predicted molar refractivity (Wildman–Crippen MR) is 101 cm³/mol. The van der Waals surface area contributed by atoms with Crippen LogP contribution in [0.15, 0.2) is 54.6 Å². The molecule has 0 spiro atoms. The van der Waals surface area contributed by atoms with E-state index in [9.17, 15) is 4.79 Å². The number of hydrogen-bond donors (Lipinski definition) is 2. The molecule has 132 valence electrons. The lowest BCUT2D eigenvalue weighted by Gasteiger charge is -2.33. The lowest BCUT2D eigenvalue weighted by Crippen LogP contribution is -2.38. The first-order chi connectivity index (χ1) is 12.2. The number of rotatable bonds is 5. The van der Waals surface area contributed by atoms with Crippen molar-refractivity contribution in [2.45, 2.75) is 25.4 Å². The van der Waals surface area contributed by atoms with Gasteiger partial charge in [-0.2, -0.15) is 0 Å². The molecule has 2 N–H and O–H groups in total. The number of methoxy groups -OCH3 is 1. The molecule has 0 radical (unpaired) electrons. The highest BCUT2D eigenvalue weighted by Crippen LogP contribution is 2.20. The Morgan fingerprint density at radius 2 is 1.68 bits per heavy atom. The van der Waals surface area contributed by atoms with Crippen molar-refractivity contribution >= 4 is 17.5 Å². The number of hydrogen-bond acceptors (Lipinski definition) is 4. The fraction of sp³-hybridized carbons (Fsp3) is 0.350. The number of benzene rings is 2. The summed E-state index contributed by atoms with van der Waals surface area (Å²) in [7, 11) is 1.36. The number of piperidine rings is 1. The normalized spacial score (nSPS) is 15.6. The molecule has 0 saturated carbocycles. The van der Waals surface area contributed by atoms with Crippen molar-refractivity contribution in [2.24, 2.45) is 0 Å². The number of nitrogens with zero attached hydrogens (tertiary/aromatic N) is 1. The molecule has 1 aliphatic heterocycles. The summed E-state index contributed by atoms with van der Waals surface area (Å²) in [5.41, 5.74) is 3.19. The summed E-state index contributed by atoms with van der Waals surface area (Å²) >= 11 is 0. The van der Waals surface area contributed by atoms with E-state index in [2.05, 4.69) is 50.6 Å². The standard InChI is InChI=1S/C20H25N3O2/c1-25-20(24)22-18-9-7-17(8-10-18)21-19-11-13-23(14-12-19)15-16-5-3-2-4-6-16/h2-10,19,21H,11-15H2,1H3,(H,22,24). The zero-order valence-electron chi connectivity index (χ0n) is 14.6. The van der Waals surface area contributed by atoms with Crippen LogP contribution in [-0.2, 0) is 11.3 Å². The van der Waals surface area contributed by atoms with Crippen molar-refractivity contribution in [3.05, 3.63) is 60.2 Å². The van der Waals surface area contributed by atoms with Crippen molar-refractivity contribution < 1.29 is 9.53 Å². The minimum Gasteiger partial charge on any atom is -0.453 e. The van der Waals surface area contributed by atoms with Gasteiger partial charge < -0.3 is 10.1 Å². The first-order valence-electron chi connectivity index (χ1n) is 8.71. The van der Waals surface area contributed by atoms with Gasteiger partial charge in [0.2, 0.25) is 0 Å². The smallest absolute Gasteiger partial charge is 0.411 e. The van der Waals surface area contributed by atoms with E-state index in [-0.39, 0.29) is 0 Å². The first kappa shape index (κ1) is 17.3. The lowest BCUT2D eigenvalue weighted by atomic mass is 10.0. The predicted octanol–water partition coefficient (Wildman–Crippen LogP) is 3.94. The van der Waals surface area contributed by atoms with E-state index in [1.807, 2.05) is 24.3 Å². The van der Waals surface area contributed by atoms with Gasteiger partial charge in [-0.3, -0.25) is 10.2 Å². The maximum absolute atomic E-state index is 11.2. The van der Waals surface area contributed by atoms with Gasteiger partial charge in [0.05, 0.1) is 7.11 Å². The second-order valence-electron chi connectivity index (χ2n) is 6.37. The van der Waals surface area contributed by atoms with Gasteiger partial charge in [0.15, 0.2) is 0 Å². The van der Waals surface area contributed by atoms with Crippen LogP contribution in [0, 0.1) is 0 Å². The topological polar surface area (TPSA) is 53.6 Å². The molecule has 5 heteroatoms. The maximum Gasteiger partial charge on any atom is 0.411 e. The summed E-state index contributed by atoms with van der Waals surface area (Å²) in [6.45, 7) is 3.24. The Labute approximate surface area is 149 Å². The quantitative estimate of drug-likeness (QED) is 0.866. The number of ether oxygens (including phenoxy) is 1. The van der Waals surface area contributed by atoms with Crippen LogP contribution in [0.3, 0.4) is 0 Å². The zero-order chi connectivity index (χ0) is 17.5. The van der Waals surface area contributed by atoms with Gasteiger partial charge in [-0.05, 0) is 42.7 Å². The van der Waals surface area contributed by atoms with Gasteiger partial charge >= 0.3 is 6.09 Å². The van der Waals surface area contributed by atoms with Crippen molar-refractivity contribution in [1.82, 2.24) is 4.90 Å². The first-order valence-corrected chi connectivity index (χ1v) is 8.71. The van der Waals surface area contributed by atoms with Crippen LogP contribution in [0.2, 0.25) is 0 Å². The summed E-state index contributed by atoms with van der Waals surface area (Å²) in [6.07, 6.45) is 1.82. The Morgan fingerprint density at radius 3 is 2.32 bits per heavy atom. The molecule has 0 unspecified atom stereocenters. The van der Waals surface area contributed by atoms with Gasteiger partial charge in [0.25, 0.3) is 0 Å². The summed E-state index contributed by atoms with van der Waals surface area (Å²) in [4.78, 5) is 13.7. The van der Waals surface area contributed by atoms with Gasteiger partial charge in [0, 0.05) is 37.1 Å². The van der Waals surface area contributed by atoms with Crippen LogP contribution in [0.1, 0.15) is 18.4 Å². The molecular weight excluding hydrogens is 314 g/mol. The van der Waals surface area contributed by atoms with E-state index in [4.69, 9.17) is 0 Å². The van der Waals surface area contributed by atoms with E-state index < -0.39 is 6.09 Å². The van der Waals surface area contributed by atoms with E-state index in [1.165, 1.54) is 12.7 Å². The van der Waals surface area contributed by atoms with E-state index >= 15 is 0 Å². The number of likely N-dealkylation sites (tertiary alicyclic amines) is 1. The van der Waals surface area contributed by atoms with Gasteiger partial charge in [-0.25, -0.2) is 4.79 Å². The largest absolute Gasteiger partial charge is 0.453 e. The molecule has 0 aromatic heterocycles. The van der Waals surface area contributed by atoms with Crippen LogP contribution in [-0.4, -0.2) is 37.2 Å². The van der Waals surface area contributed by atoms with Crippen molar-refractivity contribution in [3.63, 3.8) is 0 Å². The zero-order valence-corrected chi connectivity index (χ0v) is 14.6. The third-order valence-electron chi connectivity index (χ3n) is 4.52. The molecule has 25 heavy (non-hydrogen) atoms. The second-order valence-corrected chi connectivity index (χ2v) is 6.37. The molecule has 1 heterocycles. The highest BCUT2D eigenvalue weighted by atomic mass is 16.5. The van der Waals surface area contributed by atoms with Crippen LogP contribution >= 0.6 is 0 Å². The molecule has 1 fully saturated rings. The number of nitrogens with one attached hydrogen (secondary N) is 2. The number of carbonyl (C=O) groups excluding carboxylic acids is 1. The van der Waals surface area contributed by atoms with E-state index in [1.54, 1.807) is 0 Å². The average Bonchev–Trinajstić information content (AvgIpc) is 2.66. The minimum atomic E-state index is -0.452. The van der Waals surface area contributed by atoms with E-state index in [0.717, 1.165) is 43.9 Å². The fourth-order valence-corrected chi connectivity index (χ4v) is 3.13. The van der Waals surface area contributed by atoms with E-state index in [0.29, 0.717) is 6.04 Å². The molecule has 1 aliphatic rings. The minimum absolute atomic E-state index is 0.452. The highest BCUT2D eigenvalue weighted by molar-refractivity contribution is 5.84. The van der Waals surface area contributed by atoms with Crippen molar-refractivity contribution in [3.8, 4) is 0 Å². The highest BCUT2D eigenvalue weighted by Gasteiger charge is 2.19. The van der Waals surface area contributed by atoms with Gasteiger partial charge in [-0.1, -0.05) is 30.3 Å². The maximum atomic E-state index is 11.2. The molecule has 0 bridgehead atoms. The van der Waals surface area contributed by atoms with Crippen LogP contribution < -0.4 is 10.6 Å². The Kier molecular flexibility index (Phi) is 5.90. The number of anilines is 2. The second kappa shape index (κ2) is 8.53. The molecule has 5 nitrogen and oxygen atoms in total. The molecule has 1 saturated heterocycles. The summed E-state index contributed by atoms with van der Waals surface area (Å²) in [5, 5.41) is 6.24. The van der Waals surface area contributed by atoms with Crippen LogP contribution in [0.4, 0.5) is 16.2 Å². The SMILES string of the molecule is COC(=O)Nc1ccc(NC2CCN(Cc3ccccc3)CC2)cc1. The van der Waals surface area contributed by atoms with Crippen molar-refractivity contribution in [2.75, 3.05) is 30.8 Å². The molecule has 3 rings (SSSR count). The Balaban J connectivity index is 1.45. The number of amides is 1. The molecule has 2 aromatic rings. The average molecular weight is 339 g/mol. The summed E-state index contributed by atoms with van der Waals surface area (Å²) < 4.78 is 4.59. The van der Waals surface area contributed by atoms with Gasteiger partial charge in [0.1, 0.15) is 0 Å². The summed E-state index contributed by atoms with van der Waals surface area (Å²) in [6, 6.07) is 18.9. The Bertz CT molecular complexity index is 665. The van der Waals surface area contributed by atoms with Gasteiger partial charge in [-0.15, -0.1) is 0 Å².